The van der Waals surface area contributed by atoms with Crippen LogP contribution >= 0.6 is 0 Å². The van der Waals surface area contributed by atoms with Gasteiger partial charge < -0.3 is 9.47 Å². The zero-order valence-electron chi connectivity index (χ0n) is 8.60. The van der Waals surface area contributed by atoms with E-state index in [9.17, 15) is 4.79 Å². The Morgan fingerprint density at radius 2 is 2.20 bits per heavy atom. The molecular formula is C11H13NO3. The quantitative estimate of drug-likeness (QED) is 0.700. The summed E-state index contributed by atoms with van der Waals surface area (Å²) in [5.41, 5.74) is 0.539. The van der Waals surface area contributed by atoms with Gasteiger partial charge in [0.1, 0.15) is 6.61 Å². The SMILES string of the molecule is CC1(COC(=O)c2ccncc2)COC1. The van der Waals surface area contributed by atoms with E-state index in [1.165, 1.54) is 0 Å². The summed E-state index contributed by atoms with van der Waals surface area (Å²) in [6.45, 7) is 3.78. The molecule has 1 saturated heterocycles. The van der Waals surface area contributed by atoms with Gasteiger partial charge in [0.2, 0.25) is 0 Å². The Morgan fingerprint density at radius 1 is 1.53 bits per heavy atom. The van der Waals surface area contributed by atoms with E-state index in [1.807, 2.05) is 6.92 Å². The van der Waals surface area contributed by atoms with Crippen molar-refractivity contribution in [1.29, 1.82) is 0 Å². The van der Waals surface area contributed by atoms with Crippen LogP contribution in [0.2, 0.25) is 0 Å². The van der Waals surface area contributed by atoms with E-state index in [4.69, 9.17) is 9.47 Å². The summed E-state index contributed by atoms with van der Waals surface area (Å²) in [7, 11) is 0. The van der Waals surface area contributed by atoms with E-state index >= 15 is 0 Å². The normalized spacial score (nSPS) is 17.9. The lowest BCUT2D eigenvalue weighted by Gasteiger charge is -2.37. The fourth-order valence-electron chi connectivity index (χ4n) is 1.34. The van der Waals surface area contributed by atoms with Crippen molar-refractivity contribution in [3.8, 4) is 0 Å². The van der Waals surface area contributed by atoms with E-state index < -0.39 is 0 Å². The lowest BCUT2D eigenvalue weighted by atomic mass is 9.90. The molecule has 0 aliphatic carbocycles. The third-order valence-electron chi connectivity index (χ3n) is 2.37. The molecule has 0 amide bonds. The zero-order chi connectivity index (χ0) is 10.7. The number of carbonyl (C=O) groups is 1. The van der Waals surface area contributed by atoms with Gasteiger partial charge in [0.25, 0.3) is 0 Å². The highest BCUT2D eigenvalue weighted by atomic mass is 16.5. The molecule has 80 valence electrons. The third kappa shape index (κ3) is 2.33. The molecule has 0 spiro atoms. The predicted molar refractivity (Wildman–Crippen MR) is 53.4 cm³/mol. The fourth-order valence-corrected chi connectivity index (χ4v) is 1.34. The number of carbonyl (C=O) groups excluding carboxylic acids is 1. The largest absolute Gasteiger partial charge is 0.461 e. The summed E-state index contributed by atoms with van der Waals surface area (Å²) in [5, 5.41) is 0. The second kappa shape index (κ2) is 3.98. The Labute approximate surface area is 88.2 Å². The average Bonchev–Trinajstić information content (AvgIpc) is 2.24. The summed E-state index contributed by atoms with van der Waals surface area (Å²) in [5.74, 6) is -0.300. The molecule has 0 bridgehead atoms. The van der Waals surface area contributed by atoms with Gasteiger partial charge in [0, 0.05) is 17.8 Å². The molecule has 15 heavy (non-hydrogen) atoms. The number of hydrogen-bond acceptors (Lipinski definition) is 4. The Hall–Kier alpha value is -1.42. The van der Waals surface area contributed by atoms with Crippen molar-refractivity contribution in [3.63, 3.8) is 0 Å². The number of pyridine rings is 1. The van der Waals surface area contributed by atoms with Crippen LogP contribution < -0.4 is 0 Å². The highest BCUT2D eigenvalue weighted by Crippen LogP contribution is 2.26. The van der Waals surface area contributed by atoms with Crippen LogP contribution in [0.5, 0.6) is 0 Å². The molecule has 1 aromatic rings. The topological polar surface area (TPSA) is 48.4 Å². The second-order valence-corrected chi connectivity index (χ2v) is 4.12. The van der Waals surface area contributed by atoms with Gasteiger partial charge in [-0.3, -0.25) is 4.98 Å². The molecule has 2 rings (SSSR count). The van der Waals surface area contributed by atoms with Crippen LogP contribution in [-0.4, -0.2) is 30.8 Å². The molecule has 1 aliphatic heterocycles. The molecule has 4 nitrogen and oxygen atoms in total. The van der Waals surface area contributed by atoms with E-state index in [0.29, 0.717) is 25.4 Å². The van der Waals surface area contributed by atoms with Crippen molar-refractivity contribution in [2.24, 2.45) is 5.41 Å². The lowest BCUT2D eigenvalue weighted by molar-refractivity contribution is -0.127. The van der Waals surface area contributed by atoms with Gasteiger partial charge in [-0.1, -0.05) is 6.92 Å². The van der Waals surface area contributed by atoms with Gasteiger partial charge in [0.05, 0.1) is 18.8 Å². The first kappa shape index (κ1) is 10.1. The van der Waals surface area contributed by atoms with Gasteiger partial charge in [-0.05, 0) is 12.1 Å². The maximum absolute atomic E-state index is 11.5. The van der Waals surface area contributed by atoms with Crippen LogP contribution in [0.25, 0.3) is 0 Å². The first-order valence-corrected chi connectivity index (χ1v) is 4.85. The van der Waals surface area contributed by atoms with Gasteiger partial charge in [-0.2, -0.15) is 0 Å². The molecule has 1 fully saturated rings. The van der Waals surface area contributed by atoms with E-state index in [2.05, 4.69) is 4.98 Å². The second-order valence-electron chi connectivity index (χ2n) is 4.12. The molecule has 1 aliphatic rings. The Bertz CT molecular complexity index is 346. The van der Waals surface area contributed by atoms with Gasteiger partial charge >= 0.3 is 5.97 Å². The standard InChI is InChI=1S/C11H13NO3/c1-11(6-14-7-11)8-15-10(13)9-2-4-12-5-3-9/h2-5H,6-8H2,1H3. The van der Waals surface area contributed by atoms with Crippen molar-refractivity contribution in [2.75, 3.05) is 19.8 Å². The first-order chi connectivity index (χ1) is 7.20. The smallest absolute Gasteiger partial charge is 0.338 e. The minimum atomic E-state index is -0.300. The summed E-state index contributed by atoms with van der Waals surface area (Å²) < 4.78 is 10.3. The Balaban J connectivity index is 1.88. The fraction of sp³-hybridized carbons (Fsp3) is 0.455. The molecule has 1 aromatic heterocycles. The zero-order valence-corrected chi connectivity index (χ0v) is 8.60. The predicted octanol–water partition coefficient (Wildman–Crippen LogP) is 1.27. The van der Waals surface area contributed by atoms with Crippen molar-refractivity contribution in [1.82, 2.24) is 4.98 Å². The number of ether oxygens (including phenoxy) is 2. The molecular weight excluding hydrogens is 194 g/mol. The highest BCUT2D eigenvalue weighted by Gasteiger charge is 2.34. The number of nitrogens with zero attached hydrogens (tertiary/aromatic N) is 1. The van der Waals surface area contributed by atoms with Crippen molar-refractivity contribution >= 4 is 5.97 Å². The van der Waals surface area contributed by atoms with Crippen LogP contribution in [0.15, 0.2) is 24.5 Å². The molecule has 0 saturated carbocycles. The summed E-state index contributed by atoms with van der Waals surface area (Å²) in [4.78, 5) is 15.4. The van der Waals surface area contributed by atoms with Crippen LogP contribution in [0.3, 0.4) is 0 Å². The van der Waals surface area contributed by atoms with Crippen LogP contribution in [0.1, 0.15) is 17.3 Å². The minimum Gasteiger partial charge on any atom is -0.461 e. The Morgan fingerprint density at radius 3 is 2.73 bits per heavy atom. The monoisotopic (exact) mass is 207 g/mol. The van der Waals surface area contributed by atoms with Gasteiger partial charge in [0.15, 0.2) is 0 Å². The molecule has 4 heteroatoms. The molecule has 2 heterocycles. The van der Waals surface area contributed by atoms with Crippen LogP contribution in [0, 0.1) is 5.41 Å². The minimum absolute atomic E-state index is 0.00267. The van der Waals surface area contributed by atoms with Crippen molar-refractivity contribution in [2.45, 2.75) is 6.92 Å². The van der Waals surface area contributed by atoms with Gasteiger partial charge in [-0.25, -0.2) is 4.79 Å². The van der Waals surface area contributed by atoms with Crippen LogP contribution in [-0.2, 0) is 9.47 Å². The number of hydrogen-bond donors (Lipinski definition) is 0. The molecule has 0 unspecified atom stereocenters. The Kier molecular flexibility index (Phi) is 2.68. The average molecular weight is 207 g/mol. The highest BCUT2D eigenvalue weighted by molar-refractivity contribution is 5.89. The molecule has 0 radical (unpaired) electrons. The van der Waals surface area contributed by atoms with E-state index in [-0.39, 0.29) is 11.4 Å². The maximum Gasteiger partial charge on any atom is 0.338 e. The molecule has 0 atom stereocenters. The number of rotatable bonds is 3. The van der Waals surface area contributed by atoms with E-state index in [0.717, 1.165) is 0 Å². The summed E-state index contributed by atoms with van der Waals surface area (Å²) in [6, 6.07) is 3.28. The van der Waals surface area contributed by atoms with Gasteiger partial charge in [-0.15, -0.1) is 0 Å². The number of esters is 1. The summed E-state index contributed by atoms with van der Waals surface area (Å²) in [6.07, 6.45) is 3.15. The molecule has 0 N–H and O–H groups in total. The van der Waals surface area contributed by atoms with Crippen LogP contribution in [0.4, 0.5) is 0 Å². The van der Waals surface area contributed by atoms with Crippen molar-refractivity contribution in [3.05, 3.63) is 30.1 Å². The number of aromatic nitrogens is 1. The maximum atomic E-state index is 11.5. The van der Waals surface area contributed by atoms with Crippen molar-refractivity contribution < 1.29 is 14.3 Å². The first-order valence-electron chi connectivity index (χ1n) is 4.85. The summed E-state index contributed by atoms with van der Waals surface area (Å²) >= 11 is 0. The van der Waals surface area contributed by atoms with E-state index in [1.54, 1.807) is 24.5 Å². The lowest BCUT2D eigenvalue weighted by Crippen LogP contribution is -2.44. The molecule has 0 aromatic carbocycles. The third-order valence-corrected chi connectivity index (χ3v) is 2.37.